The molecule has 3 aromatic rings. The van der Waals surface area contributed by atoms with Crippen LogP contribution in [0, 0.1) is 0 Å². The Bertz CT molecular complexity index is 795. The molecule has 0 aliphatic carbocycles. The summed E-state index contributed by atoms with van der Waals surface area (Å²) >= 11 is 1.03. The predicted octanol–water partition coefficient (Wildman–Crippen LogP) is 1.90. The zero-order chi connectivity index (χ0) is 13.2. The van der Waals surface area contributed by atoms with E-state index in [0.29, 0.717) is 16.0 Å². The smallest absolute Gasteiger partial charge is 0.349 e. The molecule has 0 saturated heterocycles. The molecule has 1 aromatic carbocycles. The summed E-state index contributed by atoms with van der Waals surface area (Å²) < 4.78 is 8.71. The third kappa shape index (κ3) is 2.23. The lowest BCUT2D eigenvalue weighted by atomic mass is 10.2. The van der Waals surface area contributed by atoms with Gasteiger partial charge >= 0.3 is 5.63 Å². The maximum Gasteiger partial charge on any atom is 0.349 e. The molecule has 0 spiro atoms. The molecule has 0 unspecified atom stereocenters. The van der Waals surface area contributed by atoms with Gasteiger partial charge in [-0.2, -0.15) is 0 Å². The van der Waals surface area contributed by atoms with Gasteiger partial charge in [0.05, 0.1) is 6.20 Å². The van der Waals surface area contributed by atoms with Crippen molar-refractivity contribution in [3.63, 3.8) is 0 Å². The monoisotopic (exact) mass is 273 g/mol. The van der Waals surface area contributed by atoms with Crippen molar-refractivity contribution < 1.29 is 9.21 Å². The summed E-state index contributed by atoms with van der Waals surface area (Å²) in [5.74, 6) is -0.537. The molecule has 19 heavy (non-hydrogen) atoms. The van der Waals surface area contributed by atoms with Crippen molar-refractivity contribution in [2.24, 2.45) is 0 Å². The first kappa shape index (κ1) is 11.5. The molecule has 7 heteroatoms. The van der Waals surface area contributed by atoms with Gasteiger partial charge < -0.3 is 9.73 Å². The number of aromatic nitrogens is 2. The first-order valence-corrected chi connectivity index (χ1v) is 6.13. The van der Waals surface area contributed by atoms with Gasteiger partial charge in [-0.3, -0.25) is 4.79 Å². The van der Waals surface area contributed by atoms with Gasteiger partial charge in [-0.15, -0.1) is 5.10 Å². The molecule has 6 nitrogen and oxygen atoms in total. The Morgan fingerprint density at radius 2 is 2.16 bits per heavy atom. The number of carbonyl (C=O) groups excluding carboxylic acids is 1. The number of nitrogens with one attached hydrogen (secondary N) is 1. The fourth-order valence-electron chi connectivity index (χ4n) is 1.62. The number of nitrogens with zero attached hydrogens (tertiary/aromatic N) is 2. The molecular formula is C12H7N3O3S. The van der Waals surface area contributed by atoms with E-state index < -0.39 is 11.5 Å². The fraction of sp³-hybridized carbons (Fsp3) is 0. The number of carbonyl (C=O) groups is 1. The minimum Gasteiger partial charge on any atom is -0.422 e. The zero-order valence-corrected chi connectivity index (χ0v) is 10.3. The van der Waals surface area contributed by atoms with E-state index in [1.807, 2.05) is 0 Å². The van der Waals surface area contributed by atoms with E-state index >= 15 is 0 Å². The summed E-state index contributed by atoms with van der Waals surface area (Å²) in [5.41, 5.74) is -0.274. The van der Waals surface area contributed by atoms with Crippen LogP contribution in [0.4, 0.5) is 5.00 Å². The molecule has 0 aliphatic rings. The Labute approximate surface area is 110 Å². The Hall–Kier alpha value is -2.54. The van der Waals surface area contributed by atoms with Crippen LogP contribution in [-0.2, 0) is 0 Å². The molecular weight excluding hydrogens is 266 g/mol. The van der Waals surface area contributed by atoms with Gasteiger partial charge in [-0.25, -0.2) is 4.79 Å². The van der Waals surface area contributed by atoms with Gasteiger partial charge in [-0.05, 0) is 12.1 Å². The summed E-state index contributed by atoms with van der Waals surface area (Å²) in [6.07, 6.45) is 1.41. The number of anilines is 1. The molecule has 3 rings (SSSR count). The highest BCUT2D eigenvalue weighted by Crippen LogP contribution is 2.14. The van der Waals surface area contributed by atoms with E-state index in [9.17, 15) is 9.59 Å². The molecule has 0 radical (unpaired) electrons. The predicted molar refractivity (Wildman–Crippen MR) is 70.3 cm³/mol. The van der Waals surface area contributed by atoms with Crippen molar-refractivity contribution in [1.82, 2.24) is 9.59 Å². The zero-order valence-electron chi connectivity index (χ0n) is 9.49. The van der Waals surface area contributed by atoms with Crippen LogP contribution in [0.25, 0.3) is 11.0 Å². The minimum atomic E-state index is -0.673. The standard InChI is InChI=1S/C12H7N3O3S/c16-11(14-10-6-13-15-19-10)8-5-7-3-1-2-4-9(7)18-12(8)17/h1-6H,(H,14,16). The number of amides is 1. The maximum atomic E-state index is 12.0. The van der Waals surface area contributed by atoms with Crippen LogP contribution < -0.4 is 10.9 Å². The summed E-state index contributed by atoms with van der Waals surface area (Å²) in [6, 6.07) is 8.50. The molecule has 2 heterocycles. The average Bonchev–Trinajstić information content (AvgIpc) is 2.90. The first-order valence-electron chi connectivity index (χ1n) is 5.35. The maximum absolute atomic E-state index is 12.0. The molecule has 0 aliphatic heterocycles. The summed E-state index contributed by atoms with van der Waals surface area (Å²) in [5, 5.41) is 7.29. The van der Waals surface area contributed by atoms with E-state index in [0.717, 1.165) is 11.5 Å². The van der Waals surface area contributed by atoms with Gasteiger partial charge in [-0.1, -0.05) is 22.7 Å². The van der Waals surface area contributed by atoms with Crippen LogP contribution >= 0.6 is 11.5 Å². The molecule has 1 N–H and O–H groups in total. The molecule has 0 bridgehead atoms. The van der Waals surface area contributed by atoms with E-state index in [1.54, 1.807) is 24.3 Å². The number of hydrogen-bond acceptors (Lipinski definition) is 6. The lowest BCUT2D eigenvalue weighted by molar-refractivity contribution is 0.102. The second-order valence-electron chi connectivity index (χ2n) is 3.72. The molecule has 2 aromatic heterocycles. The van der Waals surface area contributed by atoms with Gasteiger partial charge in [0.15, 0.2) is 0 Å². The lowest BCUT2D eigenvalue weighted by Gasteiger charge is -2.01. The van der Waals surface area contributed by atoms with Crippen LogP contribution in [0.15, 0.2) is 45.7 Å². The van der Waals surface area contributed by atoms with Crippen molar-refractivity contribution in [3.05, 3.63) is 52.5 Å². The van der Waals surface area contributed by atoms with Crippen LogP contribution in [0.2, 0.25) is 0 Å². The van der Waals surface area contributed by atoms with E-state index in [-0.39, 0.29) is 5.56 Å². The quantitative estimate of drug-likeness (QED) is 0.721. The van der Waals surface area contributed by atoms with Crippen molar-refractivity contribution in [1.29, 1.82) is 0 Å². The highest BCUT2D eigenvalue weighted by atomic mass is 32.1. The summed E-state index contributed by atoms with van der Waals surface area (Å²) in [6.45, 7) is 0. The largest absolute Gasteiger partial charge is 0.422 e. The molecule has 1 amide bonds. The molecule has 0 saturated carbocycles. The topological polar surface area (TPSA) is 85.1 Å². The summed E-state index contributed by atoms with van der Waals surface area (Å²) in [7, 11) is 0. The molecule has 0 fully saturated rings. The van der Waals surface area contributed by atoms with Crippen LogP contribution in [0.1, 0.15) is 10.4 Å². The molecule has 0 atom stereocenters. The fourth-order valence-corrected chi connectivity index (χ4v) is 2.04. The van der Waals surface area contributed by atoms with Crippen molar-refractivity contribution >= 4 is 33.4 Å². The number of fused-ring (bicyclic) bond motifs is 1. The Kier molecular flexibility index (Phi) is 2.81. The second kappa shape index (κ2) is 4.62. The molecule has 94 valence electrons. The van der Waals surface area contributed by atoms with Crippen LogP contribution in [0.3, 0.4) is 0 Å². The van der Waals surface area contributed by atoms with Crippen molar-refractivity contribution in [3.8, 4) is 0 Å². The summed E-state index contributed by atoms with van der Waals surface area (Å²) in [4.78, 5) is 23.7. The van der Waals surface area contributed by atoms with Gasteiger partial charge in [0.2, 0.25) is 0 Å². The number of benzene rings is 1. The Balaban J connectivity index is 2.02. The third-order valence-corrected chi connectivity index (χ3v) is 3.06. The van der Waals surface area contributed by atoms with E-state index in [2.05, 4.69) is 14.9 Å². The minimum absolute atomic E-state index is 0.0490. The second-order valence-corrected chi connectivity index (χ2v) is 4.51. The number of hydrogen-bond donors (Lipinski definition) is 1. The van der Waals surface area contributed by atoms with Crippen LogP contribution in [0.5, 0.6) is 0 Å². The van der Waals surface area contributed by atoms with Crippen LogP contribution in [-0.4, -0.2) is 15.5 Å². The first-order chi connectivity index (χ1) is 9.24. The highest BCUT2D eigenvalue weighted by molar-refractivity contribution is 7.10. The van der Waals surface area contributed by atoms with Gasteiger partial charge in [0, 0.05) is 16.9 Å². The number of para-hydroxylation sites is 1. The Morgan fingerprint density at radius 1 is 1.32 bits per heavy atom. The lowest BCUT2D eigenvalue weighted by Crippen LogP contribution is -2.20. The van der Waals surface area contributed by atoms with Crippen molar-refractivity contribution in [2.75, 3.05) is 5.32 Å². The highest BCUT2D eigenvalue weighted by Gasteiger charge is 2.14. The van der Waals surface area contributed by atoms with E-state index in [1.165, 1.54) is 12.3 Å². The average molecular weight is 273 g/mol. The normalized spacial score (nSPS) is 10.5. The van der Waals surface area contributed by atoms with Gasteiger partial charge in [0.1, 0.15) is 16.1 Å². The Morgan fingerprint density at radius 3 is 2.95 bits per heavy atom. The third-order valence-electron chi connectivity index (χ3n) is 2.48. The number of rotatable bonds is 2. The van der Waals surface area contributed by atoms with Gasteiger partial charge in [0.25, 0.3) is 5.91 Å². The SMILES string of the molecule is O=C(Nc1cnns1)c1cc2ccccc2oc1=O. The van der Waals surface area contributed by atoms with E-state index in [4.69, 9.17) is 4.42 Å². The van der Waals surface area contributed by atoms with Crippen molar-refractivity contribution in [2.45, 2.75) is 0 Å².